The van der Waals surface area contributed by atoms with Crippen LogP contribution in [0.15, 0.2) is 24.3 Å². The molecule has 0 atom stereocenters. The number of ether oxygens (including phenoxy) is 1. The van der Waals surface area contributed by atoms with Gasteiger partial charge in [0.15, 0.2) is 5.75 Å². The van der Waals surface area contributed by atoms with Crippen molar-refractivity contribution in [2.24, 2.45) is 5.41 Å². The lowest BCUT2D eigenvalue weighted by Gasteiger charge is -2.19. The lowest BCUT2D eigenvalue weighted by molar-refractivity contribution is -0.135. The lowest BCUT2D eigenvalue weighted by Crippen LogP contribution is -2.14. The molecule has 0 saturated heterocycles. The van der Waals surface area contributed by atoms with Crippen LogP contribution in [0.4, 0.5) is 0 Å². The Bertz CT molecular complexity index is 1090. The smallest absolute Gasteiger partial charge is 0.311 e. The maximum absolute atomic E-state index is 12.8. The topological polar surface area (TPSA) is 39.2 Å². The molecule has 30 heavy (non-hydrogen) atoms. The number of aryl methyl sites for hydroxylation is 4. The third-order valence-corrected chi connectivity index (χ3v) is 7.05. The fourth-order valence-corrected chi connectivity index (χ4v) is 5.47. The monoisotopic (exact) mass is 421 g/mol. The number of hydrogen-bond donors (Lipinski definition) is 0. The highest BCUT2D eigenvalue weighted by Crippen LogP contribution is 2.46. The Morgan fingerprint density at radius 3 is 2.50 bits per heavy atom. The predicted molar refractivity (Wildman–Crippen MR) is 125 cm³/mol. The van der Waals surface area contributed by atoms with Crippen LogP contribution in [-0.4, -0.2) is 11.0 Å². The first-order valence-electron chi connectivity index (χ1n) is 11.0. The Balaban J connectivity index is 1.86. The molecule has 4 heteroatoms. The summed E-state index contributed by atoms with van der Waals surface area (Å²) in [6, 6.07) is 8.54. The van der Waals surface area contributed by atoms with E-state index >= 15 is 0 Å². The van der Waals surface area contributed by atoms with Crippen molar-refractivity contribution < 1.29 is 9.53 Å². The Kier molecular flexibility index (Phi) is 5.71. The number of hydrogen-bond acceptors (Lipinski definition) is 4. The van der Waals surface area contributed by atoms with Gasteiger partial charge < -0.3 is 4.74 Å². The minimum Gasteiger partial charge on any atom is -0.424 e. The number of pyridine rings is 1. The Hall–Kier alpha value is -2.20. The van der Waals surface area contributed by atoms with Gasteiger partial charge in [-0.1, -0.05) is 50.6 Å². The molecule has 4 rings (SSSR count). The predicted octanol–water partition coefficient (Wildman–Crippen LogP) is 7.19. The molecule has 3 nitrogen and oxygen atoms in total. The van der Waals surface area contributed by atoms with Crippen LogP contribution in [0.5, 0.6) is 5.75 Å². The van der Waals surface area contributed by atoms with Gasteiger partial charge in [0.25, 0.3) is 0 Å². The Morgan fingerprint density at radius 1 is 1.10 bits per heavy atom. The number of aromatic nitrogens is 1. The number of carbonyl (C=O) groups excluding carboxylic acids is 1. The van der Waals surface area contributed by atoms with Gasteiger partial charge in [0.2, 0.25) is 0 Å². The fraction of sp³-hybridized carbons (Fsp3) is 0.462. The normalized spacial score (nSPS) is 14.0. The molecule has 0 saturated carbocycles. The van der Waals surface area contributed by atoms with E-state index in [0.717, 1.165) is 40.9 Å². The molecular weight excluding hydrogens is 390 g/mol. The van der Waals surface area contributed by atoms with Crippen LogP contribution in [-0.2, 0) is 17.6 Å². The number of thiophene rings is 1. The van der Waals surface area contributed by atoms with Crippen LogP contribution in [0.3, 0.4) is 0 Å². The largest absolute Gasteiger partial charge is 0.424 e. The van der Waals surface area contributed by atoms with Crippen molar-refractivity contribution in [3.05, 3.63) is 46.0 Å². The van der Waals surface area contributed by atoms with Crippen LogP contribution in [0.1, 0.15) is 68.2 Å². The summed E-state index contributed by atoms with van der Waals surface area (Å²) in [4.78, 5) is 20.2. The number of fused-ring (bicyclic) bond motifs is 3. The molecule has 2 heterocycles. The summed E-state index contributed by atoms with van der Waals surface area (Å²) in [5.41, 5.74) is 5.67. The first kappa shape index (κ1) is 21.0. The number of esters is 1. The molecule has 0 fully saturated rings. The summed E-state index contributed by atoms with van der Waals surface area (Å²) in [6.45, 7) is 10.5. The average Bonchev–Trinajstić information content (AvgIpc) is 3.05. The zero-order valence-electron chi connectivity index (χ0n) is 18.7. The molecule has 3 aromatic rings. The van der Waals surface area contributed by atoms with Gasteiger partial charge in [-0.15, -0.1) is 11.3 Å². The van der Waals surface area contributed by atoms with Crippen LogP contribution in [0, 0.1) is 19.3 Å². The van der Waals surface area contributed by atoms with E-state index in [0.29, 0.717) is 12.2 Å². The molecule has 0 radical (unpaired) electrons. The van der Waals surface area contributed by atoms with E-state index in [-0.39, 0.29) is 11.4 Å². The average molecular weight is 422 g/mol. The zero-order chi connectivity index (χ0) is 21.5. The second-order valence-corrected chi connectivity index (χ2v) is 10.8. The number of carbonyl (C=O) groups is 1. The number of rotatable bonds is 4. The third-order valence-electron chi connectivity index (χ3n) is 5.86. The molecular formula is C26H31NO2S. The fourth-order valence-electron chi connectivity index (χ4n) is 4.15. The van der Waals surface area contributed by atoms with E-state index < -0.39 is 0 Å². The second-order valence-electron chi connectivity index (χ2n) is 9.69. The molecule has 0 unspecified atom stereocenters. The van der Waals surface area contributed by atoms with Gasteiger partial charge in [-0.05, 0) is 62.5 Å². The summed E-state index contributed by atoms with van der Waals surface area (Å²) >= 11 is 1.82. The highest BCUT2D eigenvalue weighted by Gasteiger charge is 2.26. The molecule has 0 N–H and O–H groups in total. The van der Waals surface area contributed by atoms with Crippen molar-refractivity contribution in [2.45, 2.75) is 73.1 Å². The molecule has 1 aliphatic rings. The maximum Gasteiger partial charge on any atom is 0.311 e. The van der Waals surface area contributed by atoms with E-state index in [1.54, 1.807) is 0 Å². The van der Waals surface area contributed by atoms with Crippen molar-refractivity contribution in [3.63, 3.8) is 0 Å². The summed E-state index contributed by atoms with van der Waals surface area (Å²) in [6.07, 6.45) is 5.87. The minimum absolute atomic E-state index is 0.0997. The van der Waals surface area contributed by atoms with Gasteiger partial charge in [-0.25, -0.2) is 4.98 Å². The standard InChI is InChI=1S/C26H31NO2S/c1-16-10-12-18(13-11-16)22-23-19-8-6-7-9-20(19)30-25(23)27-17(2)24(22)29-21(28)14-15-26(3,4)5/h10-13H,6-9,14-15H2,1-5H3. The summed E-state index contributed by atoms with van der Waals surface area (Å²) in [5.74, 6) is 0.461. The van der Waals surface area contributed by atoms with E-state index in [4.69, 9.17) is 9.72 Å². The minimum atomic E-state index is -0.174. The summed E-state index contributed by atoms with van der Waals surface area (Å²) in [7, 11) is 0. The highest BCUT2D eigenvalue weighted by atomic mass is 32.1. The van der Waals surface area contributed by atoms with Crippen LogP contribution in [0.25, 0.3) is 21.3 Å². The number of nitrogens with zero attached hydrogens (tertiary/aromatic N) is 1. The first-order chi connectivity index (χ1) is 14.2. The van der Waals surface area contributed by atoms with Gasteiger partial charge >= 0.3 is 5.97 Å². The quantitative estimate of drug-likeness (QED) is 0.418. The Morgan fingerprint density at radius 2 is 1.80 bits per heavy atom. The molecule has 1 aromatic carbocycles. The first-order valence-corrected chi connectivity index (χ1v) is 11.8. The number of benzene rings is 1. The maximum atomic E-state index is 12.8. The molecule has 0 amide bonds. The van der Waals surface area contributed by atoms with Gasteiger partial charge in [-0.3, -0.25) is 4.79 Å². The molecule has 158 valence electrons. The molecule has 0 spiro atoms. The van der Waals surface area contributed by atoms with E-state index in [9.17, 15) is 4.79 Å². The van der Waals surface area contributed by atoms with Crippen LogP contribution in [0.2, 0.25) is 0 Å². The second kappa shape index (κ2) is 8.14. The van der Waals surface area contributed by atoms with Gasteiger partial charge in [0, 0.05) is 22.2 Å². The van der Waals surface area contributed by atoms with Crippen molar-refractivity contribution in [1.29, 1.82) is 0 Å². The highest BCUT2D eigenvalue weighted by molar-refractivity contribution is 7.19. The van der Waals surface area contributed by atoms with Crippen molar-refractivity contribution in [1.82, 2.24) is 4.98 Å². The van der Waals surface area contributed by atoms with Crippen molar-refractivity contribution >= 4 is 27.5 Å². The lowest BCUT2D eigenvalue weighted by atomic mass is 9.90. The van der Waals surface area contributed by atoms with E-state index in [1.165, 1.54) is 34.2 Å². The van der Waals surface area contributed by atoms with Crippen molar-refractivity contribution in [2.75, 3.05) is 0 Å². The van der Waals surface area contributed by atoms with Gasteiger partial charge in [0.1, 0.15) is 4.83 Å². The third kappa shape index (κ3) is 4.29. The van der Waals surface area contributed by atoms with E-state index in [1.807, 2.05) is 18.3 Å². The zero-order valence-corrected chi connectivity index (χ0v) is 19.5. The molecule has 0 bridgehead atoms. The SMILES string of the molecule is Cc1ccc(-c2c(OC(=O)CCC(C)(C)C)c(C)nc3sc4c(c23)CCCC4)cc1. The van der Waals surface area contributed by atoms with Crippen molar-refractivity contribution in [3.8, 4) is 16.9 Å². The molecule has 1 aliphatic carbocycles. The summed E-state index contributed by atoms with van der Waals surface area (Å²) in [5, 5.41) is 1.20. The Labute approximate surface area is 183 Å². The molecule has 0 aliphatic heterocycles. The summed E-state index contributed by atoms with van der Waals surface area (Å²) < 4.78 is 6.03. The van der Waals surface area contributed by atoms with Gasteiger partial charge in [-0.2, -0.15) is 0 Å². The van der Waals surface area contributed by atoms with Gasteiger partial charge in [0.05, 0.1) is 5.69 Å². The van der Waals surface area contributed by atoms with Crippen LogP contribution < -0.4 is 4.74 Å². The van der Waals surface area contributed by atoms with E-state index in [2.05, 4.69) is 52.0 Å². The molecule has 2 aromatic heterocycles. The van der Waals surface area contributed by atoms with Crippen LogP contribution >= 0.6 is 11.3 Å².